The van der Waals surface area contributed by atoms with Crippen LogP contribution in [0.4, 0.5) is 15.9 Å². The molecule has 7 nitrogen and oxygen atoms in total. The van der Waals surface area contributed by atoms with Crippen molar-refractivity contribution in [3.05, 3.63) is 47.8 Å². The monoisotopic (exact) mass is 450 g/mol. The van der Waals surface area contributed by atoms with E-state index in [1.54, 1.807) is 38.1 Å². The number of aliphatic imine (C=N–C) groups is 2. The van der Waals surface area contributed by atoms with Gasteiger partial charge in [0.25, 0.3) is 0 Å². The number of hydrogen-bond donors (Lipinski definition) is 0. The van der Waals surface area contributed by atoms with Crippen LogP contribution in [0.25, 0.3) is 11.3 Å². The average molecular weight is 451 g/mol. The van der Waals surface area contributed by atoms with Crippen molar-refractivity contribution in [3.8, 4) is 23.6 Å². The van der Waals surface area contributed by atoms with Gasteiger partial charge in [-0.1, -0.05) is 7.43 Å². The molecule has 2 aliphatic heterocycles. The van der Waals surface area contributed by atoms with E-state index in [0.29, 0.717) is 28.5 Å². The number of carbonyl (C=O) groups is 1. The predicted octanol–water partition coefficient (Wildman–Crippen LogP) is 4.67. The summed E-state index contributed by atoms with van der Waals surface area (Å²) < 4.78 is 13.8. The van der Waals surface area contributed by atoms with Crippen LogP contribution in [0.1, 0.15) is 34.8 Å². The number of aromatic nitrogens is 2. The summed E-state index contributed by atoms with van der Waals surface area (Å²) in [5.41, 5.74) is 3.07. The van der Waals surface area contributed by atoms with Crippen LogP contribution < -0.4 is 9.80 Å². The molecule has 0 spiro atoms. The molecule has 2 aliphatic rings. The number of aryl methyl sites for hydroxylation is 1. The number of carbonyl (C=O) groups excluding carboxylic acids is 1. The van der Waals surface area contributed by atoms with Gasteiger partial charge in [-0.05, 0) is 51.1 Å². The highest BCUT2D eigenvalue weighted by atomic mass is 19.1. The molecule has 1 fully saturated rings. The van der Waals surface area contributed by atoms with Crippen molar-refractivity contribution in [2.75, 3.05) is 22.9 Å². The maximum atomic E-state index is 13.8. The molecule has 33 heavy (non-hydrogen) atoms. The number of halogens is 1. The molecule has 1 amide bonds. The number of amides is 1. The maximum Gasteiger partial charge on any atom is 0.225 e. The fraction of sp³-hybridized carbons (Fsp3) is 0.320. The maximum absolute atomic E-state index is 13.8. The third kappa shape index (κ3) is 5.50. The van der Waals surface area contributed by atoms with E-state index >= 15 is 0 Å². The topological polar surface area (TPSA) is 74.0 Å². The summed E-state index contributed by atoms with van der Waals surface area (Å²) in [7, 11) is 0. The Morgan fingerprint density at radius 2 is 2.21 bits per heavy atom. The van der Waals surface area contributed by atoms with Gasteiger partial charge in [-0.15, -0.1) is 6.42 Å². The van der Waals surface area contributed by atoms with Crippen LogP contribution >= 0.6 is 0 Å². The second kappa shape index (κ2) is 11.1. The largest absolute Gasteiger partial charge is 0.366 e. The molecule has 0 radical (unpaired) electrons. The third-order valence-corrected chi connectivity index (χ3v) is 5.24. The molecule has 174 valence electrons. The van der Waals surface area contributed by atoms with E-state index in [9.17, 15) is 9.18 Å². The van der Waals surface area contributed by atoms with Crippen molar-refractivity contribution in [1.29, 1.82) is 0 Å². The first kappa shape index (κ1) is 25.4. The van der Waals surface area contributed by atoms with Crippen molar-refractivity contribution in [2.24, 2.45) is 9.98 Å². The second-order valence-corrected chi connectivity index (χ2v) is 7.34. The molecule has 2 aromatic heterocycles. The van der Waals surface area contributed by atoms with Crippen molar-refractivity contribution in [2.45, 2.75) is 40.7 Å². The van der Waals surface area contributed by atoms with Crippen molar-refractivity contribution in [3.63, 3.8) is 0 Å². The summed E-state index contributed by atoms with van der Waals surface area (Å²) in [6.07, 6.45) is 10.6. The molecule has 8 heteroatoms. The number of rotatable bonds is 3. The standard InChI is InChI=1S/C17H17FN4O.C7H8N2.CH4.H2/c1-10-14(18)7-12(8-19-10)15-3-4-16-17(20-15)22(11(2)23)13-5-6-21(16)9-13;1-4-7(6-8-3)9-5-2;;/h3-4,7-8,13H,5-6,9H2,1-2H3;1,5-6H,3H2,2H3;1H4;1H/b;7-6-,9-5?;;. The van der Waals surface area contributed by atoms with Gasteiger partial charge in [0.15, 0.2) is 5.82 Å². The van der Waals surface area contributed by atoms with Crippen LogP contribution in [0.3, 0.4) is 0 Å². The lowest BCUT2D eigenvalue weighted by molar-refractivity contribution is -0.117. The minimum atomic E-state index is -0.353. The molecule has 0 N–H and O–H groups in total. The number of anilines is 2. The number of hydrogen-bond acceptors (Lipinski definition) is 6. The highest BCUT2D eigenvalue weighted by molar-refractivity contribution is 5.96. The minimum Gasteiger partial charge on any atom is -0.366 e. The van der Waals surface area contributed by atoms with Crippen molar-refractivity contribution in [1.82, 2.24) is 9.97 Å². The first-order valence-corrected chi connectivity index (χ1v) is 10.2. The van der Waals surface area contributed by atoms with Gasteiger partial charge in [0, 0.05) is 39.4 Å². The lowest BCUT2D eigenvalue weighted by Crippen LogP contribution is -2.45. The SMILES string of the molecule is C.C#C/C(=C/N=C)N=CC.CC(=O)N1c2nc(-c3cnc(C)c(F)c3)ccc2N2CCC1C2.[HH]. The molecule has 4 rings (SSSR count). The van der Waals surface area contributed by atoms with Crippen molar-refractivity contribution < 1.29 is 10.6 Å². The molecule has 0 aromatic carbocycles. The van der Waals surface area contributed by atoms with E-state index in [-0.39, 0.29) is 26.6 Å². The minimum absolute atomic E-state index is 0. The molecule has 2 aromatic rings. The number of allylic oxidation sites excluding steroid dienone is 1. The zero-order valence-electron chi connectivity index (χ0n) is 18.4. The first-order chi connectivity index (χ1) is 15.4. The predicted molar refractivity (Wildman–Crippen MR) is 135 cm³/mol. The van der Waals surface area contributed by atoms with E-state index in [1.165, 1.54) is 12.3 Å². The quantitative estimate of drug-likeness (QED) is 0.503. The van der Waals surface area contributed by atoms with Crippen LogP contribution in [0.2, 0.25) is 0 Å². The summed E-state index contributed by atoms with van der Waals surface area (Å²) in [6.45, 7) is 10.0. The summed E-state index contributed by atoms with van der Waals surface area (Å²) in [6, 6.07) is 5.44. The Morgan fingerprint density at radius 3 is 2.82 bits per heavy atom. The molecular formula is C25H31FN6O. The van der Waals surface area contributed by atoms with E-state index in [0.717, 1.165) is 25.2 Å². The smallest absolute Gasteiger partial charge is 0.225 e. The third-order valence-electron chi connectivity index (χ3n) is 5.24. The van der Waals surface area contributed by atoms with E-state index < -0.39 is 0 Å². The Balaban J connectivity index is 0.000000456. The molecule has 1 unspecified atom stereocenters. The van der Waals surface area contributed by atoms with Crippen LogP contribution in [-0.4, -0.2) is 47.9 Å². The van der Waals surface area contributed by atoms with Gasteiger partial charge < -0.3 is 4.90 Å². The molecule has 1 atom stereocenters. The fourth-order valence-corrected chi connectivity index (χ4v) is 3.76. The lowest BCUT2D eigenvalue weighted by Gasteiger charge is -2.35. The number of pyridine rings is 2. The summed E-state index contributed by atoms with van der Waals surface area (Å²) in [4.78, 5) is 32.1. The number of nitrogens with zero attached hydrogens (tertiary/aromatic N) is 6. The molecule has 0 saturated carbocycles. The average Bonchev–Trinajstić information content (AvgIpc) is 3.19. The normalized spacial score (nSPS) is 16.3. The van der Waals surface area contributed by atoms with Crippen molar-refractivity contribution >= 4 is 30.3 Å². The molecule has 4 heterocycles. The molecular weight excluding hydrogens is 419 g/mol. The van der Waals surface area contributed by atoms with Gasteiger partial charge in [-0.25, -0.2) is 9.37 Å². The highest BCUT2D eigenvalue weighted by Gasteiger charge is 2.38. The number of terminal acetylenes is 1. The van der Waals surface area contributed by atoms with Crippen LogP contribution in [0.15, 0.2) is 46.3 Å². The van der Waals surface area contributed by atoms with Gasteiger partial charge in [-0.3, -0.25) is 24.7 Å². The van der Waals surface area contributed by atoms with Gasteiger partial charge in [0.1, 0.15) is 11.5 Å². The Morgan fingerprint density at radius 1 is 1.45 bits per heavy atom. The summed E-state index contributed by atoms with van der Waals surface area (Å²) in [5, 5.41) is 0. The van der Waals surface area contributed by atoms with Gasteiger partial charge in [0.2, 0.25) is 5.91 Å². The molecule has 0 aliphatic carbocycles. The van der Waals surface area contributed by atoms with Gasteiger partial charge >= 0.3 is 0 Å². The van der Waals surface area contributed by atoms with Crippen LogP contribution in [0, 0.1) is 25.1 Å². The Hall–Kier alpha value is -3.86. The first-order valence-electron chi connectivity index (χ1n) is 10.2. The Labute approximate surface area is 196 Å². The van der Waals surface area contributed by atoms with Crippen LogP contribution in [0.5, 0.6) is 0 Å². The fourth-order valence-electron chi connectivity index (χ4n) is 3.76. The van der Waals surface area contributed by atoms with E-state index in [4.69, 9.17) is 6.42 Å². The van der Waals surface area contributed by atoms with Gasteiger partial charge in [-0.2, -0.15) is 0 Å². The molecule has 1 saturated heterocycles. The Bertz CT molecular complexity index is 1140. The summed E-state index contributed by atoms with van der Waals surface area (Å²) in [5.74, 6) is 2.65. The number of fused-ring (bicyclic) bond motifs is 4. The lowest BCUT2D eigenvalue weighted by atomic mass is 10.1. The molecule has 2 bridgehead atoms. The van der Waals surface area contributed by atoms with Crippen LogP contribution in [-0.2, 0) is 4.79 Å². The van der Waals surface area contributed by atoms with Gasteiger partial charge in [0.05, 0.1) is 29.3 Å². The van der Waals surface area contributed by atoms with E-state index in [2.05, 4.69) is 37.5 Å². The highest BCUT2D eigenvalue weighted by Crippen LogP contribution is 2.40. The zero-order chi connectivity index (χ0) is 23.3. The second-order valence-electron chi connectivity index (χ2n) is 7.34. The zero-order valence-corrected chi connectivity index (χ0v) is 18.4. The van der Waals surface area contributed by atoms with E-state index in [1.807, 2.05) is 12.1 Å². The Kier molecular flexibility index (Phi) is 8.57. The summed E-state index contributed by atoms with van der Waals surface area (Å²) >= 11 is 0.